The molecule has 0 aromatic rings. The van der Waals surface area contributed by atoms with Gasteiger partial charge in [0.1, 0.15) is 0 Å². The molecule has 0 spiro atoms. The first kappa shape index (κ1) is 13.7. The van der Waals surface area contributed by atoms with E-state index in [1.807, 2.05) is 0 Å². The lowest BCUT2D eigenvalue weighted by Gasteiger charge is -2.52. The maximum Gasteiger partial charge on any atom is 0.0360 e. The van der Waals surface area contributed by atoms with Crippen molar-refractivity contribution in [2.24, 2.45) is 17.6 Å². The lowest BCUT2D eigenvalue weighted by Crippen LogP contribution is -2.61. The van der Waals surface area contributed by atoms with Crippen LogP contribution in [0.15, 0.2) is 0 Å². The van der Waals surface area contributed by atoms with Gasteiger partial charge in [-0.05, 0) is 37.0 Å². The van der Waals surface area contributed by atoms with Crippen molar-refractivity contribution in [1.82, 2.24) is 4.90 Å². The van der Waals surface area contributed by atoms with Gasteiger partial charge in [0.25, 0.3) is 0 Å². The van der Waals surface area contributed by atoms with Crippen LogP contribution in [0.1, 0.15) is 39.5 Å². The highest BCUT2D eigenvalue weighted by Gasteiger charge is 2.44. The standard InChI is InChI=1S/C14H28N2S/c1-12-5-3-6-14(11-15,13(12)2)16-7-4-9-17-10-8-16/h12-13H,3-11,15H2,1-2H3. The zero-order valence-electron chi connectivity index (χ0n) is 11.5. The monoisotopic (exact) mass is 256 g/mol. The molecular formula is C14H28N2S. The van der Waals surface area contributed by atoms with Crippen LogP contribution in [0.4, 0.5) is 0 Å². The Balaban J connectivity index is 2.15. The van der Waals surface area contributed by atoms with E-state index in [0.717, 1.165) is 18.4 Å². The molecule has 1 saturated carbocycles. The second kappa shape index (κ2) is 5.94. The van der Waals surface area contributed by atoms with Crippen molar-refractivity contribution in [2.45, 2.75) is 45.1 Å². The fraction of sp³-hybridized carbons (Fsp3) is 1.00. The minimum atomic E-state index is 0.308. The summed E-state index contributed by atoms with van der Waals surface area (Å²) in [4.78, 5) is 2.74. The van der Waals surface area contributed by atoms with E-state index in [1.165, 1.54) is 50.3 Å². The number of thioether (sulfide) groups is 1. The summed E-state index contributed by atoms with van der Waals surface area (Å²) < 4.78 is 0. The molecule has 1 saturated heterocycles. The maximum atomic E-state index is 6.22. The van der Waals surface area contributed by atoms with E-state index in [0.29, 0.717) is 5.54 Å². The van der Waals surface area contributed by atoms with Gasteiger partial charge in [-0.15, -0.1) is 0 Å². The van der Waals surface area contributed by atoms with E-state index in [4.69, 9.17) is 5.73 Å². The molecule has 17 heavy (non-hydrogen) atoms. The van der Waals surface area contributed by atoms with Crippen molar-refractivity contribution >= 4 is 11.8 Å². The van der Waals surface area contributed by atoms with Gasteiger partial charge in [-0.25, -0.2) is 0 Å². The first-order chi connectivity index (χ1) is 8.20. The number of nitrogens with zero attached hydrogens (tertiary/aromatic N) is 1. The Labute approximate surface area is 111 Å². The van der Waals surface area contributed by atoms with E-state index in [1.54, 1.807) is 0 Å². The van der Waals surface area contributed by atoms with E-state index in [-0.39, 0.29) is 0 Å². The highest BCUT2D eigenvalue weighted by molar-refractivity contribution is 7.99. The van der Waals surface area contributed by atoms with Gasteiger partial charge in [-0.3, -0.25) is 4.90 Å². The van der Waals surface area contributed by atoms with Gasteiger partial charge >= 0.3 is 0 Å². The van der Waals surface area contributed by atoms with Gasteiger partial charge in [0.15, 0.2) is 0 Å². The van der Waals surface area contributed by atoms with E-state index in [2.05, 4.69) is 30.5 Å². The van der Waals surface area contributed by atoms with Gasteiger partial charge < -0.3 is 5.73 Å². The van der Waals surface area contributed by atoms with Crippen LogP contribution >= 0.6 is 11.8 Å². The van der Waals surface area contributed by atoms with Gasteiger partial charge in [-0.1, -0.05) is 26.7 Å². The average Bonchev–Trinajstić information content (AvgIpc) is 2.62. The summed E-state index contributed by atoms with van der Waals surface area (Å²) in [6.07, 6.45) is 5.42. The summed E-state index contributed by atoms with van der Waals surface area (Å²) in [7, 11) is 0. The van der Waals surface area contributed by atoms with Crippen molar-refractivity contribution in [2.75, 3.05) is 31.1 Å². The van der Waals surface area contributed by atoms with Crippen molar-refractivity contribution < 1.29 is 0 Å². The lowest BCUT2D eigenvalue weighted by atomic mass is 9.67. The fourth-order valence-corrected chi connectivity index (χ4v) is 4.68. The van der Waals surface area contributed by atoms with E-state index >= 15 is 0 Å². The first-order valence-electron chi connectivity index (χ1n) is 7.23. The Morgan fingerprint density at radius 1 is 1.24 bits per heavy atom. The third-order valence-corrected chi connectivity index (χ3v) is 6.22. The third kappa shape index (κ3) is 2.66. The van der Waals surface area contributed by atoms with E-state index < -0.39 is 0 Å². The minimum absolute atomic E-state index is 0.308. The topological polar surface area (TPSA) is 29.3 Å². The molecule has 100 valence electrons. The third-order valence-electron chi connectivity index (χ3n) is 5.18. The summed E-state index contributed by atoms with van der Waals surface area (Å²) >= 11 is 2.11. The number of nitrogens with two attached hydrogens (primary N) is 1. The molecule has 3 atom stereocenters. The van der Waals surface area contributed by atoms with Crippen LogP contribution in [0.25, 0.3) is 0 Å². The fourth-order valence-electron chi connectivity index (χ4n) is 3.79. The zero-order valence-corrected chi connectivity index (χ0v) is 12.3. The number of hydrogen-bond acceptors (Lipinski definition) is 3. The second-order valence-corrected chi connectivity index (χ2v) is 7.14. The molecule has 0 amide bonds. The molecule has 2 rings (SSSR count). The summed E-state index contributed by atoms with van der Waals surface area (Å²) in [5.41, 5.74) is 6.53. The molecule has 0 aromatic carbocycles. The molecule has 1 heterocycles. The molecule has 2 aliphatic rings. The average molecular weight is 256 g/mol. The summed E-state index contributed by atoms with van der Waals surface area (Å²) in [5, 5.41) is 0. The Kier molecular flexibility index (Phi) is 4.79. The van der Waals surface area contributed by atoms with Gasteiger partial charge in [0.2, 0.25) is 0 Å². The van der Waals surface area contributed by atoms with Gasteiger partial charge in [-0.2, -0.15) is 11.8 Å². The van der Waals surface area contributed by atoms with Crippen molar-refractivity contribution in [3.05, 3.63) is 0 Å². The van der Waals surface area contributed by atoms with Crippen molar-refractivity contribution in [3.63, 3.8) is 0 Å². The molecule has 0 bridgehead atoms. The van der Waals surface area contributed by atoms with Crippen LogP contribution in [0.3, 0.4) is 0 Å². The Bertz CT molecular complexity index is 238. The predicted octanol–water partition coefficient (Wildman–Crippen LogP) is 2.58. The minimum Gasteiger partial charge on any atom is -0.329 e. The van der Waals surface area contributed by atoms with Gasteiger partial charge in [0, 0.05) is 24.4 Å². The molecule has 2 N–H and O–H groups in total. The quantitative estimate of drug-likeness (QED) is 0.823. The Morgan fingerprint density at radius 3 is 2.82 bits per heavy atom. The van der Waals surface area contributed by atoms with Crippen LogP contribution in [-0.4, -0.2) is 41.6 Å². The highest BCUT2D eigenvalue weighted by Crippen LogP contribution is 2.41. The number of hydrogen-bond donors (Lipinski definition) is 1. The van der Waals surface area contributed by atoms with Crippen LogP contribution < -0.4 is 5.73 Å². The molecule has 1 aliphatic heterocycles. The zero-order chi connectivity index (χ0) is 12.3. The molecule has 2 fully saturated rings. The Morgan fingerprint density at radius 2 is 2.06 bits per heavy atom. The SMILES string of the molecule is CC1CCCC(CN)(N2CCCSCC2)C1C. The summed E-state index contributed by atoms with van der Waals surface area (Å²) in [5.74, 6) is 4.22. The molecule has 0 radical (unpaired) electrons. The van der Waals surface area contributed by atoms with Crippen LogP contribution in [0.2, 0.25) is 0 Å². The first-order valence-corrected chi connectivity index (χ1v) is 8.39. The largest absolute Gasteiger partial charge is 0.329 e. The maximum absolute atomic E-state index is 6.22. The van der Waals surface area contributed by atoms with Crippen LogP contribution in [0, 0.1) is 11.8 Å². The normalized spacial score (nSPS) is 41.1. The van der Waals surface area contributed by atoms with Crippen LogP contribution in [0.5, 0.6) is 0 Å². The van der Waals surface area contributed by atoms with Gasteiger partial charge in [0.05, 0.1) is 0 Å². The highest BCUT2D eigenvalue weighted by atomic mass is 32.2. The smallest absolute Gasteiger partial charge is 0.0360 e. The van der Waals surface area contributed by atoms with Crippen molar-refractivity contribution in [1.29, 1.82) is 0 Å². The van der Waals surface area contributed by atoms with E-state index in [9.17, 15) is 0 Å². The summed E-state index contributed by atoms with van der Waals surface area (Å²) in [6, 6.07) is 0. The Hall–Kier alpha value is 0.270. The molecule has 0 aromatic heterocycles. The lowest BCUT2D eigenvalue weighted by molar-refractivity contribution is -0.00596. The molecule has 3 heteroatoms. The predicted molar refractivity (Wildman–Crippen MR) is 77.5 cm³/mol. The molecule has 2 nitrogen and oxygen atoms in total. The number of rotatable bonds is 2. The molecular weight excluding hydrogens is 228 g/mol. The second-order valence-electron chi connectivity index (χ2n) is 5.92. The molecule has 3 unspecified atom stereocenters. The summed E-state index contributed by atoms with van der Waals surface area (Å²) in [6.45, 7) is 8.22. The van der Waals surface area contributed by atoms with Crippen molar-refractivity contribution in [3.8, 4) is 0 Å². The van der Waals surface area contributed by atoms with Crippen LogP contribution in [-0.2, 0) is 0 Å². The molecule has 1 aliphatic carbocycles.